The van der Waals surface area contributed by atoms with Crippen LogP contribution in [0.3, 0.4) is 0 Å². The summed E-state index contributed by atoms with van der Waals surface area (Å²) in [5.41, 5.74) is 0.168. The lowest BCUT2D eigenvalue weighted by Gasteiger charge is -2.50. The largest absolute Gasteiger partial charge is 0.361 e. The summed E-state index contributed by atoms with van der Waals surface area (Å²) < 4.78 is 28.4. The zero-order valence-electron chi connectivity index (χ0n) is 12.9. The third kappa shape index (κ3) is 2.78. The van der Waals surface area contributed by atoms with E-state index in [4.69, 9.17) is 0 Å². The highest BCUT2D eigenvalue weighted by atomic mass is 19.1. The number of anilines is 1. The predicted octanol–water partition coefficient (Wildman–Crippen LogP) is 3.66. The number of piperidine rings is 1. The van der Waals surface area contributed by atoms with Crippen LogP contribution in [0.2, 0.25) is 0 Å². The number of piperazine rings is 1. The summed E-state index contributed by atoms with van der Waals surface area (Å²) in [5, 5.41) is 0. The fourth-order valence-electron chi connectivity index (χ4n) is 3.80. The number of halogens is 2. The van der Waals surface area contributed by atoms with Crippen molar-refractivity contribution in [2.24, 2.45) is 5.92 Å². The third-order valence-electron chi connectivity index (χ3n) is 4.97. The maximum Gasteiger partial charge on any atom is 0.149 e. The van der Waals surface area contributed by atoms with E-state index in [9.17, 15) is 8.78 Å². The van der Waals surface area contributed by atoms with Crippen LogP contribution in [0, 0.1) is 17.6 Å². The molecule has 0 saturated carbocycles. The number of hydrogen-bond acceptors (Lipinski definition) is 2. The molecule has 21 heavy (non-hydrogen) atoms. The molecule has 2 nitrogen and oxygen atoms in total. The zero-order valence-corrected chi connectivity index (χ0v) is 12.9. The van der Waals surface area contributed by atoms with Gasteiger partial charge in [0.1, 0.15) is 17.3 Å². The molecule has 2 aliphatic rings. The van der Waals surface area contributed by atoms with Crippen LogP contribution in [0.25, 0.3) is 0 Å². The summed E-state index contributed by atoms with van der Waals surface area (Å²) in [5.74, 6) is -0.512. The van der Waals surface area contributed by atoms with E-state index in [1.165, 1.54) is 31.0 Å². The van der Waals surface area contributed by atoms with E-state index in [-0.39, 0.29) is 11.7 Å². The van der Waals surface area contributed by atoms with Crippen molar-refractivity contribution in [3.05, 3.63) is 29.8 Å². The normalized spacial score (nSPS) is 27.0. The molecule has 2 fully saturated rings. The van der Waals surface area contributed by atoms with Crippen molar-refractivity contribution in [2.45, 2.75) is 45.2 Å². The molecule has 0 bridgehead atoms. The van der Waals surface area contributed by atoms with Gasteiger partial charge in [-0.05, 0) is 37.4 Å². The molecule has 2 aliphatic heterocycles. The van der Waals surface area contributed by atoms with Gasteiger partial charge in [-0.15, -0.1) is 0 Å². The van der Waals surface area contributed by atoms with Crippen LogP contribution in [0.15, 0.2) is 18.2 Å². The Morgan fingerprint density at radius 2 is 1.81 bits per heavy atom. The van der Waals surface area contributed by atoms with Gasteiger partial charge in [-0.3, -0.25) is 4.90 Å². The molecule has 116 valence electrons. The second kappa shape index (κ2) is 5.91. The fourth-order valence-corrected chi connectivity index (χ4v) is 3.80. The quantitative estimate of drug-likeness (QED) is 0.821. The molecule has 1 aromatic rings. The standard InChI is InChI=1S/C17H24F2N2/c1-12(2)16-11-20-9-4-3-6-13(20)10-21(16)17-14(18)7-5-8-15(17)19/h5,7-8,12-13,16H,3-4,6,9-11H2,1-2H3. The molecule has 0 radical (unpaired) electrons. The number of nitrogens with zero attached hydrogens (tertiary/aromatic N) is 2. The van der Waals surface area contributed by atoms with Gasteiger partial charge < -0.3 is 4.90 Å². The average molecular weight is 294 g/mol. The molecular formula is C17H24F2N2. The Balaban J connectivity index is 1.94. The molecule has 2 unspecified atom stereocenters. The van der Waals surface area contributed by atoms with Crippen LogP contribution in [0.4, 0.5) is 14.5 Å². The predicted molar refractivity (Wildman–Crippen MR) is 81.5 cm³/mol. The Morgan fingerprint density at radius 3 is 2.48 bits per heavy atom. The first-order valence-corrected chi connectivity index (χ1v) is 8.02. The molecule has 4 heteroatoms. The highest BCUT2D eigenvalue weighted by Crippen LogP contribution is 2.33. The van der Waals surface area contributed by atoms with Crippen LogP contribution in [0.1, 0.15) is 33.1 Å². The SMILES string of the molecule is CC(C)C1CN2CCCCC2CN1c1c(F)cccc1F. The van der Waals surface area contributed by atoms with E-state index in [1.54, 1.807) is 0 Å². The Hall–Kier alpha value is -1.16. The molecule has 2 saturated heterocycles. The van der Waals surface area contributed by atoms with Gasteiger partial charge in [-0.2, -0.15) is 0 Å². The van der Waals surface area contributed by atoms with Crippen LogP contribution in [-0.4, -0.2) is 36.6 Å². The Bertz CT molecular complexity index is 483. The number of hydrogen-bond donors (Lipinski definition) is 0. The van der Waals surface area contributed by atoms with Crippen LogP contribution >= 0.6 is 0 Å². The Labute approximate surface area is 125 Å². The maximum absolute atomic E-state index is 14.2. The van der Waals surface area contributed by atoms with E-state index in [0.29, 0.717) is 12.0 Å². The van der Waals surface area contributed by atoms with Crippen molar-refractivity contribution in [1.82, 2.24) is 4.90 Å². The molecule has 0 aliphatic carbocycles. The minimum Gasteiger partial charge on any atom is -0.361 e. The molecular weight excluding hydrogens is 270 g/mol. The number of benzene rings is 1. The maximum atomic E-state index is 14.2. The lowest BCUT2D eigenvalue weighted by atomic mass is 9.91. The van der Waals surface area contributed by atoms with Crippen LogP contribution in [-0.2, 0) is 0 Å². The average Bonchev–Trinajstić information content (AvgIpc) is 2.46. The van der Waals surface area contributed by atoms with Gasteiger partial charge in [0, 0.05) is 25.2 Å². The fraction of sp³-hybridized carbons (Fsp3) is 0.647. The molecule has 2 atom stereocenters. The van der Waals surface area contributed by atoms with Crippen molar-refractivity contribution >= 4 is 5.69 Å². The number of para-hydroxylation sites is 1. The molecule has 3 rings (SSSR count). The first kappa shape index (κ1) is 14.8. The van der Waals surface area contributed by atoms with Crippen LogP contribution < -0.4 is 4.90 Å². The first-order valence-electron chi connectivity index (χ1n) is 8.02. The zero-order chi connectivity index (χ0) is 15.0. The number of rotatable bonds is 2. The van der Waals surface area contributed by atoms with Gasteiger partial charge in [-0.1, -0.05) is 26.3 Å². The smallest absolute Gasteiger partial charge is 0.149 e. The Morgan fingerprint density at radius 1 is 1.10 bits per heavy atom. The van der Waals surface area contributed by atoms with Crippen molar-refractivity contribution in [1.29, 1.82) is 0 Å². The molecule has 0 aromatic heterocycles. The van der Waals surface area contributed by atoms with Crippen molar-refractivity contribution in [3.63, 3.8) is 0 Å². The topological polar surface area (TPSA) is 6.48 Å². The van der Waals surface area contributed by atoms with Crippen molar-refractivity contribution in [3.8, 4) is 0 Å². The summed E-state index contributed by atoms with van der Waals surface area (Å²) in [7, 11) is 0. The van der Waals surface area contributed by atoms with Gasteiger partial charge in [0.2, 0.25) is 0 Å². The third-order valence-corrected chi connectivity index (χ3v) is 4.97. The first-order chi connectivity index (χ1) is 10.1. The number of fused-ring (bicyclic) bond motifs is 1. The molecule has 1 aromatic carbocycles. The minimum atomic E-state index is -0.440. The van der Waals surface area contributed by atoms with E-state index in [0.717, 1.165) is 26.1 Å². The van der Waals surface area contributed by atoms with Crippen molar-refractivity contribution < 1.29 is 8.78 Å². The van der Waals surface area contributed by atoms with Gasteiger partial charge in [0.15, 0.2) is 0 Å². The van der Waals surface area contributed by atoms with E-state index in [2.05, 4.69) is 18.7 Å². The highest BCUT2D eigenvalue weighted by Gasteiger charge is 2.38. The summed E-state index contributed by atoms with van der Waals surface area (Å²) in [6, 6.07) is 4.78. The molecule has 0 amide bonds. The minimum absolute atomic E-state index is 0.168. The second-order valence-electron chi connectivity index (χ2n) is 6.68. The lowest BCUT2D eigenvalue weighted by Crippen LogP contribution is -2.61. The molecule has 0 N–H and O–H groups in total. The second-order valence-corrected chi connectivity index (χ2v) is 6.68. The summed E-state index contributed by atoms with van der Waals surface area (Å²) >= 11 is 0. The van der Waals surface area contributed by atoms with Crippen LogP contribution in [0.5, 0.6) is 0 Å². The van der Waals surface area contributed by atoms with Crippen molar-refractivity contribution in [2.75, 3.05) is 24.5 Å². The summed E-state index contributed by atoms with van der Waals surface area (Å²) in [6.45, 7) is 7.06. The van der Waals surface area contributed by atoms with Gasteiger partial charge in [0.25, 0.3) is 0 Å². The van der Waals surface area contributed by atoms with E-state index >= 15 is 0 Å². The monoisotopic (exact) mass is 294 g/mol. The van der Waals surface area contributed by atoms with E-state index < -0.39 is 11.6 Å². The molecule has 2 heterocycles. The van der Waals surface area contributed by atoms with E-state index in [1.807, 2.05) is 4.90 Å². The highest BCUT2D eigenvalue weighted by molar-refractivity contribution is 5.51. The molecule has 0 spiro atoms. The Kier molecular flexibility index (Phi) is 4.16. The summed E-state index contributed by atoms with van der Waals surface area (Å²) in [4.78, 5) is 4.51. The van der Waals surface area contributed by atoms with Gasteiger partial charge in [-0.25, -0.2) is 8.78 Å². The van der Waals surface area contributed by atoms with Gasteiger partial charge in [0.05, 0.1) is 0 Å². The van der Waals surface area contributed by atoms with Gasteiger partial charge >= 0.3 is 0 Å². The summed E-state index contributed by atoms with van der Waals surface area (Å²) in [6.07, 6.45) is 3.61. The lowest BCUT2D eigenvalue weighted by molar-refractivity contribution is 0.0996.